The van der Waals surface area contributed by atoms with Crippen molar-refractivity contribution in [3.05, 3.63) is 59.3 Å². The van der Waals surface area contributed by atoms with Crippen molar-refractivity contribution in [2.45, 2.75) is 19.8 Å². The van der Waals surface area contributed by atoms with Crippen molar-refractivity contribution in [3.63, 3.8) is 0 Å². The summed E-state index contributed by atoms with van der Waals surface area (Å²) in [6.45, 7) is 2.00. The van der Waals surface area contributed by atoms with Crippen LogP contribution in [0.1, 0.15) is 46.2 Å². The first kappa shape index (κ1) is 19.9. The number of hydrogen-bond acceptors (Lipinski definition) is 4. The number of hydrogen-bond donors (Lipinski definition) is 3. The van der Waals surface area contributed by atoms with Gasteiger partial charge in [0.2, 0.25) is 0 Å². The number of benzene rings is 2. The molecule has 1 heterocycles. The number of para-hydroxylation sites is 1. The van der Waals surface area contributed by atoms with Crippen LogP contribution in [0.25, 0.3) is 10.9 Å². The van der Waals surface area contributed by atoms with Gasteiger partial charge in [-0.3, -0.25) is 0 Å². The van der Waals surface area contributed by atoms with Gasteiger partial charge in [0.1, 0.15) is 0 Å². The number of nitriles is 1. The van der Waals surface area contributed by atoms with E-state index in [-0.39, 0.29) is 32.5 Å². The van der Waals surface area contributed by atoms with Gasteiger partial charge in [0.05, 0.1) is 0 Å². The van der Waals surface area contributed by atoms with Gasteiger partial charge in [-0.2, -0.15) is 0 Å². The number of carboxylic acid groups (broad SMARTS) is 1. The number of aromatic amines is 1. The first-order chi connectivity index (χ1) is 14.3. The fourth-order valence-electron chi connectivity index (χ4n) is 3.09. The molecule has 1 saturated carbocycles. The molecule has 7 nitrogen and oxygen atoms in total. The van der Waals surface area contributed by atoms with Gasteiger partial charge in [-0.1, -0.05) is 0 Å². The molecule has 8 heteroatoms. The Morgan fingerprint density at radius 3 is 2.63 bits per heavy atom. The number of H-pyrrole nitrogens is 1. The summed E-state index contributed by atoms with van der Waals surface area (Å²) >= 11 is -0.681. The Balaban J connectivity index is 1.62. The first-order valence-electron chi connectivity index (χ1n) is 9.27. The summed E-state index contributed by atoms with van der Waals surface area (Å²) in [7, 11) is 0. The molecular weight excluding hydrogens is 445 g/mol. The van der Waals surface area contributed by atoms with Crippen LogP contribution < -0.4 is 9.67 Å². The molecular formula is C22H17AsN3O4. The number of amides is 1. The minimum atomic E-state index is -1.24. The Bertz CT molecular complexity index is 1250. The second-order valence-corrected chi connectivity index (χ2v) is 9.87. The number of aromatic carboxylic acids is 1. The molecule has 0 saturated heterocycles. The van der Waals surface area contributed by atoms with Crippen molar-refractivity contribution in [3.8, 4) is 6.07 Å². The van der Waals surface area contributed by atoms with Crippen molar-refractivity contribution in [2.75, 3.05) is 5.32 Å². The fraction of sp³-hybridized carbons (Fsp3) is 0.182. The maximum atomic E-state index is 12.8. The van der Waals surface area contributed by atoms with Gasteiger partial charge in [0.25, 0.3) is 0 Å². The van der Waals surface area contributed by atoms with E-state index in [4.69, 9.17) is 5.26 Å². The summed E-state index contributed by atoms with van der Waals surface area (Å²) in [5, 5.41) is 21.8. The van der Waals surface area contributed by atoms with E-state index < -0.39 is 27.6 Å². The first-order valence-corrected chi connectivity index (χ1v) is 11.1. The molecule has 1 aliphatic carbocycles. The van der Waals surface area contributed by atoms with Crippen molar-refractivity contribution in [1.29, 1.82) is 5.26 Å². The van der Waals surface area contributed by atoms with E-state index in [0.29, 0.717) is 0 Å². The Labute approximate surface area is 178 Å². The molecule has 1 aliphatic rings. The van der Waals surface area contributed by atoms with E-state index in [1.165, 1.54) is 18.2 Å². The third kappa shape index (κ3) is 3.74. The third-order valence-corrected chi connectivity index (χ3v) is 8.09. The van der Waals surface area contributed by atoms with E-state index >= 15 is 0 Å². The number of nitrogens with zero attached hydrogens (tertiary/aromatic N) is 1. The Kier molecular flexibility index (Phi) is 4.96. The van der Waals surface area contributed by atoms with Crippen LogP contribution in [-0.2, 0) is 4.79 Å². The summed E-state index contributed by atoms with van der Waals surface area (Å²) in [6, 6.07) is 13.3. The summed E-state index contributed by atoms with van der Waals surface area (Å²) in [6.07, 6.45) is 1.87. The van der Waals surface area contributed by atoms with E-state index in [0.717, 1.165) is 28.1 Å². The molecule has 1 aromatic heterocycles. The van der Waals surface area contributed by atoms with Gasteiger partial charge in [0.15, 0.2) is 0 Å². The van der Waals surface area contributed by atoms with E-state index in [1.807, 2.05) is 31.2 Å². The van der Waals surface area contributed by atoms with Crippen LogP contribution in [-0.4, -0.2) is 42.3 Å². The zero-order chi connectivity index (χ0) is 21.5. The van der Waals surface area contributed by atoms with Crippen LogP contribution in [0.2, 0.25) is 0 Å². The SMILES string of the molecule is CC1(C(=O)[As]c2cccc3cc(C(=O)Nc4ccc(C#N)cc4C(=O)O)[nH]c23)CC1. The average Bonchev–Trinajstić information content (AvgIpc) is 3.32. The summed E-state index contributed by atoms with van der Waals surface area (Å²) < 4.78 is 1.21. The monoisotopic (exact) mass is 462 g/mol. The molecule has 0 spiro atoms. The zero-order valence-corrected chi connectivity index (χ0v) is 17.9. The average molecular weight is 462 g/mol. The number of fused-ring (bicyclic) bond motifs is 1. The maximum absolute atomic E-state index is 12.8. The number of carbonyl (C=O) groups excluding carboxylic acids is 2. The zero-order valence-electron chi connectivity index (χ0n) is 16.0. The molecule has 30 heavy (non-hydrogen) atoms. The van der Waals surface area contributed by atoms with Crippen LogP contribution in [0.3, 0.4) is 0 Å². The summed E-state index contributed by atoms with van der Waals surface area (Å²) in [5.74, 6) is -1.74. The van der Waals surface area contributed by atoms with Crippen LogP contribution in [0.15, 0.2) is 42.5 Å². The van der Waals surface area contributed by atoms with Gasteiger partial charge < -0.3 is 0 Å². The topological polar surface area (TPSA) is 123 Å². The number of rotatable bonds is 6. The number of aromatic nitrogens is 1. The van der Waals surface area contributed by atoms with Gasteiger partial charge in [0, 0.05) is 0 Å². The Morgan fingerprint density at radius 2 is 1.97 bits per heavy atom. The Morgan fingerprint density at radius 1 is 1.20 bits per heavy atom. The van der Waals surface area contributed by atoms with Crippen molar-refractivity contribution in [2.24, 2.45) is 5.41 Å². The normalized spacial score (nSPS) is 14.5. The molecule has 1 radical (unpaired) electrons. The van der Waals surface area contributed by atoms with E-state index in [1.54, 1.807) is 6.07 Å². The Hall–Kier alpha value is -3.36. The summed E-state index contributed by atoms with van der Waals surface area (Å²) in [4.78, 5) is 39.9. The second kappa shape index (κ2) is 7.47. The molecule has 0 atom stereocenters. The van der Waals surface area contributed by atoms with Crippen molar-refractivity contribution in [1.82, 2.24) is 4.98 Å². The number of carbonyl (C=O) groups is 3. The van der Waals surface area contributed by atoms with Gasteiger partial charge in [-0.15, -0.1) is 0 Å². The molecule has 149 valence electrons. The number of carboxylic acids is 1. The molecule has 3 N–H and O–H groups in total. The van der Waals surface area contributed by atoms with E-state index in [2.05, 4.69) is 10.3 Å². The van der Waals surface area contributed by atoms with Gasteiger partial charge in [-0.25, -0.2) is 0 Å². The molecule has 1 fully saturated rings. The van der Waals surface area contributed by atoms with Crippen LogP contribution in [0, 0.1) is 16.7 Å². The predicted molar refractivity (Wildman–Crippen MR) is 112 cm³/mol. The van der Waals surface area contributed by atoms with Gasteiger partial charge in [-0.05, 0) is 0 Å². The molecule has 4 rings (SSSR count). The molecule has 2 aromatic carbocycles. The van der Waals surface area contributed by atoms with Crippen LogP contribution in [0.4, 0.5) is 5.69 Å². The molecule has 0 aliphatic heterocycles. The molecule has 0 unspecified atom stereocenters. The molecule has 3 aromatic rings. The standard InChI is InChI=1S/C22H17AsN3O4/c1-22(7-8-22)21(30)23-15-4-2-3-13-10-17(25-18(13)15)19(27)26-16-6-5-12(11-24)9-14(16)20(28)29/h2-6,9-10,25H,7-8H2,1H3,(H,26,27)(H,28,29). The number of nitrogens with one attached hydrogen (secondary N) is 2. The molecule has 0 bridgehead atoms. The third-order valence-electron chi connectivity index (χ3n) is 5.24. The van der Waals surface area contributed by atoms with Crippen LogP contribution >= 0.6 is 0 Å². The quantitative estimate of drug-likeness (QED) is 0.486. The second-order valence-electron chi connectivity index (χ2n) is 7.53. The van der Waals surface area contributed by atoms with Crippen molar-refractivity contribution < 1.29 is 19.5 Å². The number of anilines is 1. The van der Waals surface area contributed by atoms with Crippen LogP contribution in [0.5, 0.6) is 0 Å². The van der Waals surface area contributed by atoms with Gasteiger partial charge >= 0.3 is 179 Å². The van der Waals surface area contributed by atoms with Crippen molar-refractivity contribution >= 4 is 53.1 Å². The van der Waals surface area contributed by atoms with E-state index in [9.17, 15) is 19.5 Å². The summed E-state index contributed by atoms with van der Waals surface area (Å²) in [5.41, 5.74) is 0.986. The molecule has 1 amide bonds. The predicted octanol–water partition coefficient (Wildman–Crippen LogP) is 2.65. The fourth-order valence-corrected chi connectivity index (χ4v) is 5.54. The minimum absolute atomic E-state index is 0.105.